The lowest BCUT2D eigenvalue weighted by atomic mass is 9.69. The molecule has 0 aromatic carbocycles. The van der Waals surface area contributed by atoms with Crippen LogP contribution in [-0.2, 0) is 10.0 Å². The fourth-order valence-electron chi connectivity index (χ4n) is 1.73. The molecular weight excluding hydrogens is 186 g/mol. The van der Waals surface area contributed by atoms with E-state index in [9.17, 15) is 8.42 Å². The van der Waals surface area contributed by atoms with Crippen LogP contribution in [0.1, 0.15) is 40.5 Å². The van der Waals surface area contributed by atoms with Crippen molar-refractivity contribution in [2.75, 3.05) is 0 Å². The summed E-state index contributed by atoms with van der Waals surface area (Å²) >= 11 is 0. The van der Waals surface area contributed by atoms with Gasteiger partial charge in [-0.15, -0.1) is 0 Å². The van der Waals surface area contributed by atoms with E-state index in [2.05, 4.69) is 18.6 Å². The van der Waals surface area contributed by atoms with Crippen LogP contribution in [0.25, 0.3) is 0 Å². The van der Waals surface area contributed by atoms with E-state index in [1.54, 1.807) is 13.8 Å². The summed E-state index contributed by atoms with van der Waals surface area (Å²) in [5.74, 6) is 0. The van der Waals surface area contributed by atoms with Gasteiger partial charge in [-0.25, -0.2) is 13.1 Å². The third-order valence-electron chi connectivity index (χ3n) is 2.55. The lowest BCUT2D eigenvalue weighted by Crippen LogP contribution is -2.49. The quantitative estimate of drug-likeness (QED) is 0.759. The number of sulfonamides is 1. The largest absolute Gasteiger partial charge is 0.214 e. The lowest BCUT2D eigenvalue weighted by Gasteiger charge is -2.42. The molecular formula is C9H19NO2S. The van der Waals surface area contributed by atoms with Crippen molar-refractivity contribution in [2.45, 2.75) is 51.8 Å². The first-order valence-electron chi connectivity index (χ1n) is 4.74. The highest BCUT2D eigenvalue weighted by molar-refractivity contribution is 7.90. The van der Waals surface area contributed by atoms with E-state index in [1.807, 2.05) is 0 Å². The van der Waals surface area contributed by atoms with Gasteiger partial charge in [-0.1, -0.05) is 13.8 Å². The zero-order valence-corrected chi connectivity index (χ0v) is 9.61. The van der Waals surface area contributed by atoms with Crippen LogP contribution in [0.15, 0.2) is 0 Å². The number of rotatable bonds is 3. The summed E-state index contributed by atoms with van der Waals surface area (Å²) in [5, 5.41) is -0.323. The second kappa shape index (κ2) is 3.24. The highest BCUT2D eigenvalue weighted by Crippen LogP contribution is 2.40. The summed E-state index contributed by atoms with van der Waals surface area (Å²) in [5.41, 5.74) is 0.324. The third kappa shape index (κ3) is 2.68. The van der Waals surface area contributed by atoms with Gasteiger partial charge in [-0.05, 0) is 32.1 Å². The smallest absolute Gasteiger partial charge is 0.212 e. The maximum Gasteiger partial charge on any atom is 0.214 e. The summed E-state index contributed by atoms with van der Waals surface area (Å²) in [6.45, 7) is 7.72. The second-order valence-corrected chi connectivity index (χ2v) is 7.25. The van der Waals surface area contributed by atoms with Crippen LogP contribution in [0.3, 0.4) is 0 Å². The summed E-state index contributed by atoms with van der Waals surface area (Å²) < 4.78 is 25.6. The van der Waals surface area contributed by atoms with Gasteiger partial charge in [0, 0.05) is 6.04 Å². The molecule has 0 unspecified atom stereocenters. The van der Waals surface area contributed by atoms with E-state index in [-0.39, 0.29) is 11.3 Å². The van der Waals surface area contributed by atoms with E-state index in [0.717, 1.165) is 12.8 Å². The van der Waals surface area contributed by atoms with Crippen molar-refractivity contribution < 1.29 is 8.42 Å². The number of nitrogens with one attached hydrogen (secondary N) is 1. The molecule has 13 heavy (non-hydrogen) atoms. The molecule has 0 spiro atoms. The van der Waals surface area contributed by atoms with Crippen molar-refractivity contribution >= 4 is 10.0 Å². The molecule has 3 nitrogen and oxygen atoms in total. The fourth-order valence-corrected chi connectivity index (χ4v) is 2.63. The van der Waals surface area contributed by atoms with Gasteiger partial charge in [0.25, 0.3) is 0 Å². The van der Waals surface area contributed by atoms with Crippen LogP contribution in [0.5, 0.6) is 0 Å². The van der Waals surface area contributed by atoms with Crippen molar-refractivity contribution in [3.8, 4) is 0 Å². The predicted molar refractivity (Wildman–Crippen MR) is 54.0 cm³/mol. The molecule has 0 aromatic heterocycles. The van der Waals surface area contributed by atoms with Crippen LogP contribution >= 0.6 is 0 Å². The first-order valence-corrected chi connectivity index (χ1v) is 6.29. The lowest BCUT2D eigenvalue weighted by molar-refractivity contribution is 0.143. The molecule has 1 rings (SSSR count). The zero-order chi connectivity index (χ0) is 10.3. The SMILES string of the molecule is CC(C)S(=O)(=O)NC1CC(C)(C)C1. The molecule has 1 saturated carbocycles. The Kier molecular flexibility index (Phi) is 2.74. The van der Waals surface area contributed by atoms with Gasteiger partial charge < -0.3 is 0 Å². The molecule has 1 fully saturated rings. The predicted octanol–water partition coefficient (Wildman–Crippen LogP) is 1.50. The second-order valence-electron chi connectivity index (χ2n) is 4.98. The maximum atomic E-state index is 11.4. The first kappa shape index (κ1) is 11.0. The van der Waals surface area contributed by atoms with E-state index in [4.69, 9.17) is 0 Å². The first-order chi connectivity index (χ1) is 5.73. The Morgan fingerprint density at radius 2 is 1.77 bits per heavy atom. The Labute approximate surface area is 81.0 Å². The minimum absolute atomic E-state index is 0.169. The van der Waals surface area contributed by atoms with Crippen molar-refractivity contribution in [3.05, 3.63) is 0 Å². The van der Waals surface area contributed by atoms with Gasteiger partial charge >= 0.3 is 0 Å². The van der Waals surface area contributed by atoms with Gasteiger partial charge in [0.1, 0.15) is 0 Å². The molecule has 1 N–H and O–H groups in total. The molecule has 0 aliphatic heterocycles. The number of hydrogen-bond donors (Lipinski definition) is 1. The van der Waals surface area contributed by atoms with Gasteiger partial charge in [0.15, 0.2) is 0 Å². The molecule has 0 saturated heterocycles. The molecule has 0 atom stereocenters. The Morgan fingerprint density at radius 3 is 2.08 bits per heavy atom. The van der Waals surface area contributed by atoms with Crippen molar-refractivity contribution in [1.29, 1.82) is 0 Å². The summed E-state index contributed by atoms with van der Waals surface area (Å²) in [6.07, 6.45) is 1.91. The minimum atomic E-state index is -3.06. The molecule has 78 valence electrons. The number of hydrogen-bond acceptors (Lipinski definition) is 2. The van der Waals surface area contributed by atoms with Crippen LogP contribution < -0.4 is 4.72 Å². The standard InChI is InChI=1S/C9H19NO2S/c1-7(2)13(11,12)10-8-5-9(3,4)6-8/h7-8,10H,5-6H2,1-4H3. The molecule has 0 bridgehead atoms. The molecule has 0 aromatic rings. The molecule has 1 aliphatic carbocycles. The monoisotopic (exact) mass is 205 g/mol. The molecule has 4 heteroatoms. The average Bonchev–Trinajstić information content (AvgIpc) is 1.81. The van der Waals surface area contributed by atoms with Crippen molar-refractivity contribution in [2.24, 2.45) is 5.41 Å². The van der Waals surface area contributed by atoms with Crippen LogP contribution in [0, 0.1) is 5.41 Å². The van der Waals surface area contributed by atoms with E-state index < -0.39 is 10.0 Å². The highest BCUT2D eigenvalue weighted by atomic mass is 32.2. The molecule has 1 aliphatic rings. The van der Waals surface area contributed by atoms with Crippen molar-refractivity contribution in [1.82, 2.24) is 4.72 Å². The molecule has 0 amide bonds. The molecule has 0 radical (unpaired) electrons. The summed E-state index contributed by atoms with van der Waals surface area (Å²) in [7, 11) is -3.06. The minimum Gasteiger partial charge on any atom is -0.212 e. The van der Waals surface area contributed by atoms with Gasteiger partial charge in [0.2, 0.25) is 10.0 Å². The Balaban J connectivity index is 2.45. The fraction of sp³-hybridized carbons (Fsp3) is 1.00. The van der Waals surface area contributed by atoms with Crippen molar-refractivity contribution in [3.63, 3.8) is 0 Å². The van der Waals surface area contributed by atoms with E-state index in [0.29, 0.717) is 5.41 Å². The van der Waals surface area contributed by atoms with Crippen LogP contribution in [0.2, 0.25) is 0 Å². The van der Waals surface area contributed by atoms with E-state index in [1.165, 1.54) is 0 Å². The van der Waals surface area contributed by atoms with Gasteiger partial charge in [0.05, 0.1) is 5.25 Å². The van der Waals surface area contributed by atoms with Gasteiger partial charge in [-0.2, -0.15) is 0 Å². The topological polar surface area (TPSA) is 46.2 Å². The zero-order valence-electron chi connectivity index (χ0n) is 8.79. The maximum absolute atomic E-state index is 11.4. The summed E-state index contributed by atoms with van der Waals surface area (Å²) in [6, 6.07) is 0.169. The average molecular weight is 205 g/mol. The highest BCUT2D eigenvalue weighted by Gasteiger charge is 2.38. The third-order valence-corrected chi connectivity index (χ3v) is 4.45. The van der Waals surface area contributed by atoms with Gasteiger partial charge in [-0.3, -0.25) is 0 Å². The van der Waals surface area contributed by atoms with E-state index >= 15 is 0 Å². The normalized spacial score (nSPS) is 23.2. The summed E-state index contributed by atoms with van der Waals surface area (Å²) in [4.78, 5) is 0. The Bertz CT molecular complexity index is 272. The molecule has 0 heterocycles. The van der Waals surface area contributed by atoms with Crippen LogP contribution in [0.4, 0.5) is 0 Å². The Morgan fingerprint density at radius 1 is 1.31 bits per heavy atom. The Hall–Kier alpha value is -0.0900. The van der Waals surface area contributed by atoms with Crippen LogP contribution in [-0.4, -0.2) is 19.7 Å².